The molecule has 3 aromatic carbocycles. The second-order valence-electron chi connectivity index (χ2n) is 6.95. The summed E-state index contributed by atoms with van der Waals surface area (Å²) in [5.74, 6) is 1.19. The molecule has 0 radical (unpaired) electrons. The fraction of sp³-hybridized carbons (Fsp3) is 0.160. The highest BCUT2D eigenvalue weighted by Crippen LogP contribution is 2.25. The van der Waals surface area contributed by atoms with Crippen LogP contribution in [0.3, 0.4) is 0 Å². The van der Waals surface area contributed by atoms with Crippen LogP contribution in [-0.4, -0.2) is 19.1 Å². The van der Waals surface area contributed by atoms with E-state index in [9.17, 15) is 4.79 Å². The summed E-state index contributed by atoms with van der Waals surface area (Å²) >= 11 is 0. The Balaban J connectivity index is 1.54. The van der Waals surface area contributed by atoms with Crippen molar-refractivity contribution in [2.75, 3.05) is 23.8 Å². The molecule has 0 heterocycles. The maximum Gasteiger partial charge on any atom is 0.243 e. The van der Waals surface area contributed by atoms with Gasteiger partial charge in [-0.15, -0.1) is 0 Å². The van der Waals surface area contributed by atoms with Crippen molar-refractivity contribution in [1.82, 2.24) is 0 Å². The predicted molar refractivity (Wildman–Crippen MR) is 121 cm³/mol. The molecular formula is C25H26N2O3. The predicted octanol–water partition coefficient (Wildman–Crippen LogP) is 5.27. The Morgan fingerprint density at radius 3 is 2.50 bits per heavy atom. The summed E-state index contributed by atoms with van der Waals surface area (Å²) in [6, 6.07) is 24.8. The molecule has 5 nitrogen and oxygen atoms in total. The fourth-order valence-corrected chi connectivity index (χ4v) is 2.71. The normalized spacial score (nSPS) is 10.2. The van der Waals surface area contributed by atoms with E-state index in [1.807, 2.05) is 85.8 Å². The number of hydrogen-bond acceptors (Lipinski definition) is 4. The van der Waals surface area contributed by atoms with Gasteiger partial charge in [0.1, 0.15) is 24.7 Å². The van der Waals surface area contributed by atoms with Crippen LogP contribution in [0, 0.1) is 0 Å². The second-order valence-corrected chi connectivity index (χ2v) is 6.95. The number of carbonyl (C=O) groups is 1. The molecule has 0 saturated heterocycles. The summed E-state index contributed by atoms with van der Waals surface area (Å²) in [5.41, 5.74) is 3.45. The Bertz CT molecular complexity index is 986. The van der Waals surface area contributed by atoms with E-state index in [2.05, 4.69) is 17.2 Å². The van der Waals surface area contributed by atoms with Crippen molar-refractivity contribution in [3.8, 4) is 11.5 Å². The van der Waals surface area contributed by atoms with Crippen LogP contribution in [0.2, 0.25) is 0 Å². The molecule has 154 valence electrons. The highest BCUT2D eigenvalue weighted by atomic mass is 16.5. The minimum atomic E-state index is -0.168. The quantitative estimate of drug-likeness (QED) is 0.454. The highest BCUT2D eigenvalue weighted by molar-refractivity contribution is 5.95. The zero-order valence-corrected chi connectivity index (χ0v) is 17.1. The van der Waals surface area contributed by atoms with Crippen molar-refractivity contribution in [2.24, 2.45) is 0 Å². The summed E-state index contributed by atoms with van der Waals surface area (Å²) in [6.45, 7) is 6.75. The molecule has 0 spiro atoms. The molecule has 0 unspecified atom stereocenters. The first-order valence-electron chi connectivity index (χ1n) is 9.77. The Labute approximate surface area is 177 Å². The van der Waals surface area contributed by atoms with Crippen molar-refractivity contribution in [3.05, 3.63) is 96.6 Å². The first kappa shape index (κ1) is 21.0. The first-order valence-corrected chi connectivity index (χ1v) is 9.77. The Morgan fingerprint density at radius 2 is 1.70 bits per heavy atom. The monoisotopic (exact) mass is 402 g/mol. The highest BCUT2D eigenvalue weighted by Gasteiger charge is 2.08. The number of nitrogens with one attached hydrogen (secondary N) is 2. The largest absolute Gasteiger partial charge is 0.489 e. The molecule has 30 heavy (non-hydrogen) atoms. The lowest BCUT2D eigenvalue weighted by Gasteiger charge is -2.13. The van der Waals surface area contributed by atoms with Crippen LogP contribution in [0.15, 0.2) is 91.0 Å². The number of benzene rings is 3. The van der Waals surface area contributed by atoms with Gasteiger partial charge in [0.05, 0.1) is 12.2 Å². The van der Waals surface area contributed by atoms with Gasteiger partial charge in [-0.25, -0.2) is 0 Å². The van der Waals surface area contributed by atoms with E-state index in [0.717, 1.165) is 22.6 Å². The van der Waals surface area contributed by atoms with Gasteiger partial charge < -0.3 is 20.1 Å². The van der Waals surface area contributed by atoms with Crippen LogP contribution in [0.4, 0.5) is 11.4 Å². The van der Waals surface area contributed by atoms with Crippen LogP contribution in [0.25, 0.3) is 0 Å². The summed E-state index contributed by atoms with van der Waals surface area (Å²) in [4.78, 5) is 12.4. The van der Waals surface area contributed by atoms with E-state index < -0.39 is 0 Å². The third kappa shape index (κ3) is 6.71. The second kappa shape index (κ2) is 10.7. The molecule has 0 aliphatic carbocycles. The maximum absolute atomic E-state index is 12.4. The van der Waals surface area contributed by atoms with Crippen LogP contribution < -0.4 is 20.1 Å². The summed E-state index contributed by atoms with van der Waals surface area (Å²) in [5, 5.41) is 6.02. The number of carbonyl (C=O) groups excluding carboxylic acids is 1. The molecule has 0 aromatic heterocycles. The third-order valence-electron chi connectivity index (χ3n) is 4.17. The summed E-state index contributed by atoms with van der Waals surface area (Å²) < 4.78 is 11.5. The third-order valence-corrected chi connectivity index (χ3v) is 4.17. The lowest BCUT2D eigenvalue weighted by Crippen LogP contribution is -2.22. The SMILES string of the molecule is C=C(C)COc1cccc(NCC(=O)Nc2ccccc2OCc2ccccc2)c1. The van der Waals surface area contributed by atoms with Crippen molar-refractivity contribution in [2.45, 2.75) is 13.5 Å². The van der Waals surface area contributed by atoms with Crippen molar-refractivity contribution < 1.29 is 14.3 Å². The smallest absolute Gasteiger partial charge is 0.243 e. The van der Waals surface area contributed by atoms with Gasteiger partial charge in [-0.05, 0) is 42.3 Å². The molecular weight excluding hydrogens is 376 g/mol. The summed E-state index contributed by atoms with van der Waals surface area (Å²) in [6.07, 6.45) is 0. The fourth-order valence-electron chi connectivity index (χ4n) is 2.71. The molecule has 2 N–H and O–H groups in total. The first-order chi connectivity index (χ1) is 14.6. The van der Waals surface area contributed by atoms with E-state index in [1.54, 1.807) is 0 Å². The Morgan fingerprint density at radius 1 is 0.933 bits per heavy atom. The minimum Gasteiger partial charge on any atom is -0.489 e. The Hall–Kier alpha value is -3.73. The molecule has 0 fully saturated rings. The Kier molecular flexibility index (Phi) is 7.50. The van der Waals surface area contributed by atoms with Gasteiger partial charge in [0, 0.05) is 11.8 Å². The van der Waals surface area contributed by atoms with Gasteiger partial charge in [-0.2, -0.15) is 0 Å². The van der Waals surface area contributed by atoms with E-state index >= 15 is 0 Å². The summed E-state index contributed by atoms with van der Waals surface area (Å²) in [7, 11) is 0. The molecule has 5 heteroatoms. The van der Waals surface area contributed by atoms with Gasteiger partial charge in [-0.3, -0.25) is 4.79 Å². The molecule has 0 aliphatic heterocycles. The number of amides is 1. The van der Waals surface area contributed by atoms with Gasteiger partial charge in [0.15, 0.2) is 0 Å². The zero-order chi connectivity index (χ0) is 21.2. The van der Waals surface area contributed by atoms with Crippen LogP contribution in [-0.2, 0) is 11.4 Å². The van der Waals surface area contributed by atoms with Crippen LogP contribution in [0.5, 0.6) is 11.5 Å². The van der Waals surface area contributed by atoms with Gasteiger partial charge in [-0.1, -0.05) is 55.1 Å². The number of ether oxygens (including phenoxy) is 2. The van der Waals surface area contributed by atoms with E-state index in [1.165, 1.54) is 0 Å². The number of anilines is 2. The number of rotatable bonds is 10. The van der Waals surface area contributed by atoms with Crippen molar-refractivity contribution in [3.63, 3.8) is 0 Å². The van der Waals surface area contributed by atoms with Gasteiger partial charge >= 0.3 is 0 Å². The minimum absolute atomic E-state index is 0.122. The van der Waals surface area contributed by atoms with E-state index in [0.29, 0.717) is 24.7 Å². The van der Waals surface area contributed by atoms with Crippen LogP contribution in [0.1, 0.15) is 12.5 Å². The van der Waals surface area contributed by atoms with Gasteiger partial charge in [0.25, 0.3) is 0 Å². The average Bonchev–Trinajstić information content (AvgIpc) is 2.77. The average molecular weight is 402 g/mol. The molecule has 0 atom stereocenters. The zero-order valence-electron chi connectivity index (χ0n) is 17.1. The lowest BCUT2D eigenvalue weighted by molar-refractivity contribution is -0.114. The standard InChI is InChI=1S/C25H26N2O3/c1-19(2)17-29-22-12-8-11-21(15-22)26-16-25(28)27-23-13-6-7-14-24(23)30-18-20-9-4-3-5-10-20/h3-15,26H,1,16-18H2,2H3,(H,27,28). The van der Waals surface area contributed by atoms with Crippen molar-refractivity contribution in [1.29, 1.82) is 0 Å². The molecule has 0 saturated carbocycles. The maximum atomic E-state index is 12.4. The lowest BCUT2D eigenvalue weighted by atomic mass is 10.2. The molecule has 0 aliphatic rings. The molecule has 1 amide bonds. The van der Waals surface area contributed by atoms with E-state index in [-0.39, 0.29) is 12.5 Å². The van der Waals surface area contributed by atoms with E-state index in [4.69, 9.17) is 9.47 Å². The topological polar surface area (TPSA) is 59.6 Å². The van der Waals surface area contributed by atoms with Crippen molar-refractivity contribution >= 4 is 17.3 Å². The number of para-hydroxylation sites is 2. The number of hydrogen-bond donors (Lipinski definition) is 2. The van der Waals surface area contributed by atoms with Crippen LogP contribution >= 0.6 is 0 Å². The molecule has 3 rings (SSSR count). The molecule has 0 bridgehead atoms. The molecule has 3 aromatic rings. The van der Waals surface area contributed by atoms with Gasteiger partial charge in [0.2, 0.25) is 5.91 Å².